The van der Waals surface area contributed by atoms with E-state index in [9.17, 15) is 14.4 Å². The van der Waals surface area contributed by atoms with E-state index < -0.39 is 23.7 Å². The first-order valence-corrected chi connectivity index (χ1v) is 10.1. The minimum atomic E-state index is -0.946. The molecule has 4 rings (SSSR count). The predicted molar refractivity (Wildman–Crippen MR) is 120 cm³/mol. The molecular formula is C25H21NO6. The van der Waals surface area contributed by atoms with Gasteiger partial charge in [0.2, 0.25) is 0 Å². The first-order chi connectivity index (χ1) is 15.4. The molecule has 0 unspecified atom stereocenters. The third-order valence-electron chi connectivity index (χ3n) is 5.01. The standard InChI is InChI=1S/C25H21NO6/c1-15-12-18(13-21-22(15)19-10-6-7-11-20(19)24(28)32-21)31-23(27)16(2)26-25(29)30-14-17-8-4-3-5-9-17/h3-13,16H,14H2,1-2H3,(H,26,29)/t16-/m0/s1. The molecule has 7 nitrogen and oxygen atoms in total. The Bertz CT molecular complexity index is 1360. The van der Waals surface area contributed by atoms with Crippen molar-refractivity contribution >= 4 is 33.8 Å². The summed E-state index contributed by atoms with van der Waals surface area (Å²) >= 11 is 0. The summed E-state index contributed by atoms with van der Waals surface area (Å²) in [6.07, 6.45) is -0.731. The number of rotatable bonds is 5. The third kappa shape index (κ3) is 4.46. The van der Waals surface area contributed by atoms with Crippen LogP contribution in [0.3, 0.4) is 0 Å². The summed E-state index contributed by atoms with van der Waals surface area (Å²) in [5.41, 5.74) is 1.47. The molecular weight excluding hydrogens is 410 g/mol. The largest absolute Gasteiger partial charge is 0.445 e. The van der Waals surface area contributed by atoms with Crippen molar-refractivity contribution in [3.63, 3.8) is 0 Å². The van der Waals surface area contributed by atoms with E-state index in [2.05, 4.69) is 5.32 Å². The molecule has 0 saturated carbocycles. The van der Waals surface area contributed by atoms with Crippen molar-refractivity contribution in [2.45, 2.75) is 26.5 Å². The van der Waals surface area contributed by atoms with E-state index in [0.29, 0.717) is 11.0 Å². The number of ether oxygens (including phenoxy) is 2. The summed E-state index contributed by atoms with van der Waals surface area (Å²) in [6.45, 7) is 3.42. The van der Waals surface area contributed by atoms with Gasteiger partial charge in [0, 0.05) is 16.8 Å². The Morgan fingerprint density at radius 1 is 1.00 bits per heavy atom. The van der Waals surface area contributed by atoms with Crippen molar-refractivity contribution in [2.24, 2.45) is 0 Å². The van der Waals surface area contributed by atoms with Gasteiger partial charge in [-0.3, -0.25) is 0 Å². The van der Waals surface area contributed by atoms with Crippen molar-refractivity contribution in [2.75, 3.05) is 0 Å². The number of esters is 1. The molecule has 0 aliphatic carbocycles. The van der Waals surface area contributed by atoms with Crippen LogP contribution in [-0.2, 0) is 16.1 Å². The topological polar surface area (TPSA) is 94.8 Å². The number of carbonyl (C=O) groups is 2. The minimum absolute atomic E-state index is 0.0886. The summed E-state index contributed by atoms with van der Waals surface area (Å²) in [5, 5.41) is 4.47. The Labute approximate surface area is 183 Å². The molecule has 0 aliphatic rings. The lowest BCUT2D eigenvalue weighted by Gasteiger charge is -2.14. The van der Waals surface area contributed by atoms with Crippen molar-refractivity contribution < 1.29 is 23.5 Å². The van der Waals surface area contributed by atoms with Crippen LogP contribution in [0.1, 0.15) is 18.1 Å². The average Bonchev–Trinajstić information content (AvgIpc) is 2.78. The number of nitrogens with one attached hydrogen (secondary N) is 1. The highest BCUT2D eigenvalue weighted by Gasteiger charge is 2.20. The molecule has 1 amide bonds. The normalized spacial score (nSPS) is 11.8. The van der Waals surface area contributed by atoms with Gasteiger partial charge in [0.15, 0.2) is 0 Å². The minimum Gasteiger partial charge on any atom is -0.445 e. The summed E-state index contributed by atoms with van der Waals surface area (Å²) in [6, 6.07) is 18.6. The van der Waals surface area contributed by atoms with Gasteiger partial charge in [-0.15, -0.1) is 0 Å². The fourth-order valence-electron chi connectivity index (χ4n) is 3.45. The van der Waals surface area contributed by atoms with Gasteiger partial charge in [-0.25, -0.2) is 14.4 Å². The number of carbonyl (C=O) groups excluding carboxylic acids is 2. The first-order valence-electron chi connectivity index (χ1n) is 10.1. The molecule has 0 radical (unpaired) electrons. The van der Waals surface area contributed by atoms with Crippen LogP contribution < -0.4 is 15.7 Å². The fraction of sp³-hybridized carbons (Fsp3) is 0.160. The number of amides is 1. The summed E-state index contributed by atoms with van der Waals surface area (Å²) in [4.78, 5) is 36.7. The van der Waals surface area contributed by atoms with Gasteiger partial charge in [0.25, 0.3) is 0 Å². The SMILES string of the molecule is Cc1cc(OC(=O)[C@H](C)NC(=O)OCc2ccccc2)cc2oc(=O)c3ccccc3c12. The summed E-state index contributed by atoms with van der Waals surface area (Å²) in [5.74, 6) is -0.465. The zero-order chi connectivity index (χ0) is 22.7. The monoisotopic (exact) mass is 431 g/mol. The van der Waals surface area contributed by atoms with E-state index in [-0.39, 0.29) is 12.4 Å². The maximum Gasteiger partial charge on any atom is 0.408 e. The second-order valence-electron chi connectivity index (χ2n) is 7.40. The second-order valence-corrected chi connectivity index (χ2v) is 7.40. The van der Waals surface area contributed by atoms with Crippen molar-refractivity contribution in [3.8, 4) is 5.75 Å². The molecule has 4 aromatic rings. The molecule has 0 saturated heterocycles. The van der Waals surface area contributed by atoms with Crippen LogP contribution in [0.2, 0.25) is 0 Å². The summed E-state index contributed by atoms with van der Waals surface area (Å²) in [7, 11) is 0. The van der Waals surface area contributed by atoms with Crippen molar-refractivity contribution in [1.29, 1.82) is 0 Å². The highest BCUT2D eigenvalue weighted by atomic mass is 16.6. The van der Waals surface area contributed by atoms with E-state index in [1.54, 1.807) is 18.2 Å². The number of hydrogen-bond acceptors (Lipinski definition) is 6. The number of benzene rings is 3. The van der Waals surface area contributed by atoms with Crippen LogP contribution >= 0.6 is 0 Å². The van der Waals surface area contributed by atoms with Crippen LogP contribution in [-0.4, -0.2) is 18.1 Å². The van der Waals surface area contributed by atoms with E-state index >= 15 is 0 Å². The Kier molecular flexibility index (Phi) is 5.89. The Morgan fingerprint density at radius 2 is 1.69 bits per heavy atom. The second kappa shape index (κ2) is 8.93. The first kappa shape index (κ1) is 21.1. The molecule has 32 heavy (non-hydrogen) atoms. The lowest BCUT2D eigenvalue weighted by atomic mass is 10.0. The van der Waals surface area contributed by atoms with E-state index in [1.807, 2.05) is 49.4 Å². The van der Waals surface area contributed by atoms with Gasteiger partial charge >= 0.3 is 17.7 Å². The molecule has 0 spiro atoms. The number of alkyl carbamates (subject to hydrolysis) is 1. The highest BCUT2D eigenvalue weighted by Crippen LogP contribution is 2.30. The summed E-state index contributed by atoms with van der Waals surface area (Å²) < 4.78 is 16.0. The molecule has 7 heteroatoms. The Hall–Kier alpha value is -4.13. The van der Waals surface area contributed by atoms with Crippen molar-refractivity contribution in [1.82, 2.24) is 5.32 Å². The predicted octanol–water partition coefficient (Wildman–Crippen LogP) is 4.47. The smallest absolute Gasteiger partial charge is 0.408 e. The van der Waals surface area contributed by atoms with E-state index in [4.69, 9.17) is 13.9 Å². The average molecular weight is 431 g/mol. The van der Waals surface area contributed by atoms with E-state index in [0.717, 1.165) is 21.9 Å². The zero-order valence-electron chi connectivity index (χ0n) is 17.6. The van der Waals surface area contributed by atoms with Gasteiger partial charge in [-0.1, -0.05) is 48.5 Å². The molecule has 0 fully saturated rings. The lowest BCUT2D eigenvalue weighted by Crippen LogP contribution is -2.41. The third-order valence-corrected chi connectivity index (χ3v) is 5.01. The highest BCUT2D eigenvalue weighted by molar-refractivity contribution is 6.06. The number of fused-ring (bicyclic) bond motifs is 3. The van der Waals surface area contributed by atoms with Crippen LogP contribution in [0.25, 0.3) is 21.7 Å². The van der Waals surface area contributed by atoms with Gasteiger partial charge in [0.1, 0.15) is 24.0 Å². The number of hydrogen-bond donors (Lipinski definition) is 1. The molecule has 1 heterocycles. The molecule has 1 N–H and O–H groups in total. The number of aryl methyl sites for hydroxylation is 1. The van der Waals surface area contributed by atoms with Gasteiger partial charge in [-0.05, 0) is 37.1 Å². The maximum atomic E-state index is 12.5. The van der Waals surface area contributed by atoms with E-state index in [1.165, 1.54) is 13.0 Å². The molecule has 1 aromatic heterocycles. The molecule has 0 aliphatic heterocycles. The van der Waals surface area contributed by atoms with Crippen molar-refractivity contribution in [3.05, 3.63) is 88.3 Å². The van der Waals surface area contributed by atoms with Gasteiger partial charge in [0.05, 0.1) is 5.39 Å². The quantitative estimate of drug-likeness (QED) is 0.217. The fourth-order valence-corrected chi connectivity index (χ4v) is 3.45. The van der Waals surface area contributed by atoms with Crippen LogP contribution in [0.4, 0.5) is 4.79 Å². The molecule has 162 valence electrons. The lowest BCUT2D eigenvalue weighted by molar-refractivity contribution is -0.136. The van der Waals surface area contributed by atoms with Gasteiger partial charge in [-0.2, -0.15) is 0 Å². The van der Waals surface area contributed by atoms with Gasteiger partial charge < -0.3 is 19.2 Å². The van der Waals surface area contributed by atoms with Crippen LogP contribution in [0.15, 0.2) is 75.9 Å². The Balaban J connectivity index is 1.46. The van der Waals surface area contributed by atoms with Crippen LogP contribution in [0, 0.1) is 6.92 Å². The zero-order valence-corrected chi connectivity index (χ0v) is 17.6. The van der Waals surface area contributed by atoms with Crippen LogP contribution in [0.5, 0.6) is 5.75 Å². The Morgan fingerprint density at radius 3 is 2.44 bits per heavy atom. The molecule has 0 bridgehead atoms. The molecule has 3 aromatic carbocycles. The molecule has 1 atom stereocenters. The maximum absolute atomic E-state index is 12.5.